The highest BCUT2D eigenvalue weighted by Crippen LogP contribution is 2.63. The highest BCUT2D eigenvalue weighted by molar-refractivity contribution is 7.61. The molecule has 6 heterocycles. The van der Waals surface area contributed by atoms with Gasteiger partial charge in [0.15, 0.2) is 35.4 Å². The van der Waals surface area contributed by atoms with E-state index in [0.29, 0.717) is 12.8 Å². The first kappa shape index (κ1) is 98.1. The number of imidazole rings is 2. The van der Waals surface area contributed by atoms with Crippen molar-refractivity contribution in [3.05, 3.63) is 60.7 Å². The van der Waals surface area contributed by atoms with Gasteiger partial charge in [-0.3, -0.25) is 65.0 Å². The summed E-state index contributed by atoms with van der Waals surface area (Å²) in [6, 6.07) is 8.30. The van der Waals surface area contributed by atoms with Crippen molar-refractivity contribution in [3.8, 4) is 0 Å². The molecular weight excluding hydrogens is 1710 g/mol. The smallest absolute Gasteiger partial charge is 0.386 e. The van der Waals surface area contributed by atoms with E-state index in [1.54, 1.807) is 0 Å². The Morgan fingerprint density at radius 3 is 1.37 bits per heavy atom. The van der Waals surface area contributed by atoms with E-state index in [-0.39, 0.29) is 97.4 Å². The molecule has 48 nitrogen and oxygen atoms in total. The molecule has 3 aliphatic rings. The zero-order chi connectivity index (χ0) is 88.1. The van der Waals surface area contributed by atoms with Crippen LogP contribution in [0.25, 0.3) is 22.3 Å². The fourth-order valence-corrected chi connectivity index (χ4v) is 18.5. The van der Waals surface area contributed by atoms with Gasteiger partial charge in [-0.2, -0.15) is 8.62 Å². The van der Waals surface area contributed by atoms with Crippen molar-refractivity contribution in [2.75, 3.05) is 64.1 Å². The van der Waals surface area contributed by atoms with Crippen LogP contribution in [0.4, 0.5) is 11.6 Å². The van der Waals surface area contributed by atoms with Gasteiger partial charge in [-0.15, -0.1) is 0 Å². The van der Waals surface area contributed by atoms with Crippen molar-refractivity contribution in [2.24, 2.45) is 21.7 Å². The SMILES string of the molecule is CC(C)(CCCCCc1cccc(CCCCC2(C(=O)CCNC(=O)CCNC(=O)C(O)C(C)(C)COP(=O)(O)OP(=O)(O)OCC3OC(n4cnc5c(N)ncnc54)C(O)C3OP(=O)(O)O)CC2)c1)C(=O)CCNC(=O)CCNC(=O)C(O)C(C)(C)COP(=O)(O)OP(=O)(O)OCC1OC(n2cnc3c(N)ncnc32)C(O)C1OP(=O)(O)O. The summed E-state index contributed by atoms with van der Waals surface area (Å²) in [5.74, 6) is -3.23. The van der Waals surface area contributed by atoms with E-state index in [0.717, 1.165) is 97.8 Å². The number of phosphoric acid groups is 6. The topological polar surface area (TPSA) is 727 Å². The number of unbranched alkanes of at least 4 members (excludes halogenated alkanes) is 3. The lowest BCUT2D eigenvalue weighted by Crippen LogP contribution is -2.46. The third-order valence-electron chi connectivity index (χ3n) is 19.8. The number of hydrogen-bond donors (Lipinski definition) is 18. The Kier molecular flexibility index (Phi) is 33.8. The van der Waals surface area contributed by atoms with Gasteiger partial charge in [-0.25, -0.2) is 57.3 Å². The molecule has 0 radical (unpaired) electrons. The van der Waals surface area contributed by atoms with Gasteiger partial charge in [0.2, 0.25) is 23.6 Å². The lowest BCUT2D eigenvalue weighted by molar-refractivity contribution is -0.137. The Bertz CT molecular complexity index is 4700. The second-order valence-electron chi connectivity index (χ2n) is 30.7. The number of ether oxygens (including phenoxy) is 2. The van der Waals surface area contributed by atoms with Gasteiger partial charge in [0, 0.05) is 73.5 Å². The number of carbonyl (C=O) groups excluding carboxylic acids is 6. The molecule has 666 valence electrons. The number of anilines is 2. The molecule has 14 unspecified atom stereocenters. The summed E-state index contributed by atoms with van der Waals surface area (Å²) in [7, 11) is -33.2. The van der Waals surface area contributed by atoms with Gasteiger partial charge in [0.05, 0.1) is 39.1 Å². The number of aliphatic hydroxyl groups is 4. The highest BCUT2D eigenvalue weighted by Gasteiger charge is 2.53. The second-order valence-corrected chi connectivity index (χ2v) is 39.2. The first-order chi connectivity index (χ1) is 55.3. The van der Waals surface area contributed by atoms with E-state index in [1.165, 1.54) is 33.3 Å². The van der Waals surface area contributed by atoms with Crippen molar-refractivity contribution in [1.82, 2.24) is 60.3 Å². The fraction of sp³-hybridized carbons (Fsp3) is 0.662. The molecule has 2 aliphatic heterocycles. The molecule has 20 N–H and O–H groups in total. The monoisotopic (exact) mass is 1810 g/mol. The first-order valence-corrected chi connectivity index (χ1v) is 46.3. The van der Waals surface area contributed by atoms with Crippen LogP contribution in [0.1, 0.15) is 149 Å². The van der Waals surface area contributed by atoms with Gasteiger partial charge >= 0.3 is 46.9 Å². The van der Waals surface area contributed by atoms with Crippen molar-refractivity contribution in [2.45, 2.75) is 199 Å². The van der Waals surface area contributed by atoms with Gasteiger partial charge < -0.3 is 102 Å². The molecule has 119 heavy (non-hydrogen) atoms. The van der Waals surface area contributed by atoms with Crippen LogP contribution in [0.15, 0.2) is 49.6 Å². The summed E-state index contributed by atoms with van der Waals surface area (Å²) in [5, 5.41) is 53.7. The number of Topliss-reactive ketones (excluding diaryl/α,β-unsaturated/α-hetero) is 2. The summed E-state index contributed by atoms with van der Waals surface area (Å²) in [4.78, 5) is 181. The average molecular weight is 1810 g/mol. The standard InChI is InChI=1S/C65H102N14O34P6/c1-62(2,42(80)17-25-68-44(82)19-27-70-58(88)52(86)63(3,4)32-106-118(100,101)112-116(96,97)104-30-40-50(110-114(90,91)92)48(84)60(108-40)78-36-76-46-54(66)72-34-74-56(46)78)21-10-7-8-13-38-15-12-16-39(29-38)14-9-11-22-65(23-24-65)43(81)18-26-69-45(83)20-28-71-59(89)53(87)64(5,6)33-107-119(102,103)113-117(98,99)105-31-41-51(111-115(93,94)95)49(85)61(109-41)79-37-77-47-55(67)73-35-75-57(47)79/h12,15-16,29,34-37,40-41,48-53,60-61,84-87H,7-11,13-14,17-28,30-33H2,1-6H3,(H,68,82)(H,69,83)(H,70,88)(H,71,89)(H,96,97)(H,98,99)(H,100,101)(H,102,103)(H2,66,72,74)(H2,67,73,75)(H2,90,91,92)(H2,93,94,95). The molecular formula is C65H102N14O34P6. The largest absolute Gasteiger partial charge is 0.481 e. The molecule has 2 saturated heterocycles. The number of aliphatic hydroxyl groups excluding tert-OH is 4. The molecule has 1 aromatic carbocycles. The number of aromatic nitrogens is 8. The minimum Gasteiger partial charge on any atom is -0.386 e. The third-order valence-corrected chi connectivity index (χ3v) is 26.0. The average Bonchev–Trinajstić information content (AvgIpc) is 1.63. The molecule has 54 heteroatoms. The third kappa shape index (κ3) is 28.9. The van der Waals surface area contributed by atoms with E-state index >= 15 is 0 Å². The molecule has 4 amide bonds. The zero-order valence-corrected chi connectivity index (χ0v) is 70.8. The quantitative estimate of drug-likeness (QED) is 0.0196. The van der Waals surface area contributed by atoms with E-state index < -0.39 is 180 Å². The van der Waals surface area contributed by atoms with Crippen molar-refractivity contribution in [3.63, 3.8) is 0 Å². The van der Waals surface area contributed by atoms with Crippen LogP contribution in [0.3, 0.4) is 0 Å². The lowest BCUT2D eigenvalue weighted by atomic mass is 9.81. The maximum atomic E-state index is 13.3. The Balaban J connectivity index is 0.634. The van der Waals surface area contributed by atoms with Gasteiger partial charge in [0.1, 0.15) is 84.1 Å². The van der Waals surface area contributed by atoms with Crippen molar-refractivity contribution >= 4 is 116 Å². The zero-order valence-electron chi connectivity index (χ0n) is 65.4. The molecule has 3 fully saturated rings. The number of benzene rings is 1. The minimum atomic E-state index is -5.64. The lowest BCUT2D eigenvalue weighted by Gasteiger charge is -2.30. The summed E-state index contributed by atoms with van der Waals surface area (Å²) < 4.78 is 126. The van der Waals surface area contributed by atoms with Crippen LogP contribution in [0.5, 0.6) is 0 Å². The second kappa shape index (κ2) is 41.0. The van der Waals surface area contributed by atoms with Crippen molar-refractivity contribution < 1.29 is 161 Å². The number of nitrogen functional groups attached to an aromatic ring is 2. The highest BCUT2D eigenvalue weighted by atomic mass is 31.3. The Labute approximate surface area is 680 Å². The molecule has 0 bridgehead atoms. The first-order valence-electron chi connectivity index (χ1n) is 37.2. The number of rotatable bonds is 51. The molecule has 1 aliphatic carbocycles. The molecule has 4 aromatic heterocycles. The van der Waals surface area contributed by atoms with E-state index in [4.69, 9.17) is 39.0 Å². The van der Waals surface area contributed by atoms with E-state index in [2.05, 4.69) is 87.0 Å². The molecule has 5 aromatic rings. The summed E-state index contributed by atoms with van der Waals surface area (Å²) >= 11 is 0. The summed E-state index contributed by atoms with van der Waals surface area (Å²) in [5.41, 5.74) is 9.56. The number of aryl methyl sites for hydroxylation is 2. The number of nitrogens with one attached hydrogen (secondary N) is 4. The molecule has 8 rings (SSSR count). The van der Waals surface area contributed by atoms with Crippen LogP contribution in [-0.2, 0) is 114 Å². The number of ketones is 2. The number of fused-ring (bicyclic) bond motifs is 2. The minimum absolute atomic E-state index is 0.00486. The number of carbonyl (C=O) groups is 6. The fourth-order valence-electron chi connectivity index (χ4n) is 12.9. The summed E-state index contributed by atoms with van der Waals surface area (Å²) in [6.45, 7) is 3.92. The Morgan fingerprint density at radius 2 is 0.950 bits per heavy atom. The van der Waals surface area contributed by atoms with Crippen LogP contribution in [-0.4, -0.2) is 235 Å². The van der Waals surface area contributed by atoms with E-state index in [1.807, 2.05) is 19.9 Å². The van der Waals surface area contributed by atoms with Gasteiger partial charge in [-0.05, 0) is 62.5 Å². The number of hydrogen-bond acceptors (Lipinski definition) is 34. The van der Waals surface area contributed by atoms with Crippen LogP contribution >= 0.6 is 46.9 Å². The Hall–Kier alpha value is -6.36. The predicted octanol–water partition coefficient (Wildman–Crippen LogP) is 2.06. The van der Waals surface area contributed by atoms with Crippen molar-refractivity contribution in [1.29, 1.82) is 0 Å². The Morgan fingerprint density at radius 1 is 0.546 bits per heavy atom. The maximum Gasteiger partial charge on any atom is 0.481 e. The van der Waals surface area contributed by atoms with Crippen LogP contribution in [0, 0.1) is 21.7 Å². The van der Waals surface area contributed by atoms with Crippen LogP contribution in [0.2, 0.25) is 0 Å². The molecule has 14 atom stereocenters. The number of amides is 4. The van der Waals surface area contributed by atoms with Crippen LogP contribution < -0.4 is 32.7 Å². The van der Waals surface area contributed by atoms with Gasteiger partial charge in [-0.1, -0.05) is 85.1 Å². The predicted molar refractivity (Wildman–Crippen MR) is 410 cm³/mol. The molecule has 0 spiro atoms. The normalized spacial score (nSPS) is 22.3. The van der Waals surface area contributed by atoms with E-state index in [9.17, 15) is 116 Å². The number of phosphoric ester groups is 6. The maximum absolute atomic E-state index is 13.3. The van der Waals surface area contributed by atoms with Gasteiger partial charge in [0.25, 0.3) is 0 Å². The number of nitrogens with two attached hydrogens (primary N) is 2. The summed E-state index contributed by atoms with van der Waals surface area (Å²) in [6.07, 6.45) is -5.80. The molecule has 1 saturated carbocycles. The number of nitrogens with zero attached hydrogens (tertiary/aromatic N) is 8.